The average molecular weight is 480 g/mol. The molecule has 1 atom stereocenters. The van der Waals surface area contributed by atoms with Gasteiger partial charge >= 0.3 is 0 Å². The van der Waals surface area contributed by atoms with Crippen LogP contribution in [-0.4, -0.2) is 6.10 Å². The number of halogens is 1. The fourth-order valence-electron chi connectivity index (χ4n) is 4.04. The summed E-state index contributed by atoms with van der Waals surface area (Å²) in [6.07, 6.45) is 9.23. The minimum atomic E-state index is 0.0779. The highest BCUT2D eigenvalue weighted by molar-refractivity contribution is 9.10. The van der Waals surface area contributed by atoms with E-state index in [1.54, 1.807) is 0 Å². The maximum atomic E-state index is 6.72. The molecule has 0 amide bonds. The van der Waals surface area contributed by atoms with E-state index in [1.165, 1.54) is 49.7 Å². The van der Waals surface area contributed by atoms with Gasteiger partial charge in [-0.3, -0.25) is 0 Å². The quantitative estimate of drug-likeness (QED) is 0.299. The van der Waals surface area contributed by atoms with Crippen LogP contribution in [0.4, 0.5) is 0 Å². The van der Waals surface area contributed by atoms with Crippen LogP contribution in [0.2, 0.25) is 0 Å². The lowest BCUT2D eigenvalue weighted by Crippen LogP contribution is -2.42. The first kappa shape index (κ1) is 25.5. The number of unbranched alkanes of at least 4 members (excludes halogenated alkanes) is 5. The molecule has 0 aliphatic rings. The molecule has 2 nitrogen and oxygen atoms in total. The molecule has 2 rings (SSSR count). The summed E-state index contributed by atoms with van der Waals surface area (Å²) >= 11 is 3.73. The van der Waals surface area contributed by atoms with E-state index in [0.29, 0.717) is 6.61 Å². The van der Waals surface area contributed by atoms with E-state index >= 15 is 0 Å². The predicted molar refractivity (Wildman–Crippen MR) is 133 cm³/mol. The Kier molecular flexibility index (Phi) is 9.06. The highest BCUT2D eigenvalue weighted by atomic mass is 79.9. The van der Waals surface area contributed by atoms with Gasteiger partial charge in [-0.1, -0.05) is 96.0 Å². The van der Waals surface area contributed by atoms with Crippen molar-refractivity contribution in [3.63, 3.8) is 0 Å². The molecule has 0 aliphatic carbocycles. The molecule has 0 aliphatic heterocycles. The number of hydrogen-bond acceptors (Lipinski definition) is 2. The van der Waals surface area contributed by atoms with Crippen LogP contribution in [0.3, 0.4) is 0 Å². The third-order valence-electron chi connectivity index (χ3n) is 7.24. The summed E-state index contributed by atoms with van der Waals surface area (Å²) in [5.41, 5.74) is 3.60. The molecule has 0 bridgehead atoms. The normalized spacial score (nSPS) is 13.9. The van der Waals surface area contributed by atoms with Crippen LogP contribution < -0.4 is 0 Å². The molecule has 170 valence electrons. The van der Waals surface area contributed by atoms with Gasteiger partial charge in [0.05, 0.1) is 12.7 Å². The molecule has 0 spiro atoms. The van der Waals surface area contributed by atoms with Crippen LogP contribution in [-0.2, 0) is 11.3 Å². The largest absolute Gasteiger partial charge is 0.461 e. The van der Waals surface area contributed by atoms with Gasteiger partial charge in [-0.05, 0) is 48.8 Å². The summed E-state index contributed by atoms with van der Waals surface area (Å²) < 4.78 is 13.9. The Labute approximate surface area is 193 Å². The molecule has 1 heterocycles. The van der Waals surface area contributed by atoms with Gasteiger partial charge in [-0.25, -0.2) is 0 Å². The monoisotopic (exact) mass is 478 g/mol. The van der Waals surface area contributed by atoms with Crippen LogP contribution in [0.15, 0.2) is 21.0 Å². The van der Waals surface area contributed by atoms with Gasteiger partial charge in [0.2, 0.25) is 0 Å². The van der Waals surface area contributed by atoms with Gasteiger partial charge in [-0.15, -0.1) is 0 Å². The number of furan rings is 1. The highest BCUT2D eigenvalue weighted by Gasteiger charge is 2.40. The molecule has 0 N–H and O–H groups in total. The molecule has 2 aromatic rings. The number of aryl methyl sites for hydroxylation is 1. The van der Waals surface area contributed by atoms with E-state index in [9.17, 15) is 0 Å². The summed E-state index contributed by atoms with van der Waals surface area (Å²) in [5.74, 6) is 0.947. The Bertz CT molecular complexity index is 810. The summed E-state index contributed by atoms with van der Waals surface area (Å²) in [5, 5.41) is 1.14. The number of benzene rings is 1. The van der Waals surface area contributed by atoms with Crippen molar-refractivity contribution in [3.05, 3.63) is 33.5 Å². The fraction of sp³-hybridized carbons (Fsp3) is 0.704. The number of rotatable bonds is 11. The molecular formula is C27H43BrO2. The van der Waals surface area contributed by atoms with Gasteiger partial charge in [0.25, 0.3) is 0 Å². The second-order valence-electron chi connectivity index (χ2n) is 10.6. The number of ether oxygens (including phenoxy) is 1. The summed E-state index contributed by atoms with van der Waals surface area (Å²) in [6, 6.07) is 4.26. The zero-order valence-electron chi connectivity index (χ0n) is 20.6. The molecule has 0 radical (unpaired) electrons. The standard InChI is InChI=1S/C27H43BrO2/c1-9-10-11-12-13-14-15-24(27(7,8)26(4,5)6)29-18-22-20(3)23(28)17-21-16-19(2)30-25(21)22/h16-17,24H,9-15,18H2,1-8H3. The van der Waals surface area contributed by atoms with E-state index in [-0.39, 0.29) is 16.9 Å². The van der Waals surface area contributed by atoms with E-state index in [4.69, 9.17) is 9.15 Å². The van der Waals surface area contributed by atoms with E-state index in [0.717, 1.165) is 27.6 Å². The fourth-order valence-corrected chi connectivity index (χ4v) is 4.53. The third kappa shape index (κ3) is 6.13. The van der Waals surface area contributed by atoms with Crippen molar-refractivity contribution in [3.8, 4) is 0 Å². The lowest BCUT2D eigenvalue weighted by molar-refractivity contribution is -0.0878. The van der Waals surface area contributed by atoms with Crippen molar-refractivity contribution >= 4 is 26.9 Å². The SMILES string of the molecule is CCCCCCCCC(OCc1c(C)c(Br)cc2cc(C)oc12)C(C)(C)C(C)(C)C. The molecule has 0 fully saturated rings. The van der Waals surface area contributed by atoms with E-state index in [1.807, 2.05) is 6.92 Å². The molecule has 1 unspecified atom stereocenters. The molecular weight excluding hydrogens is 436 g/mol. The lowest BCUT2D eigenvalue weighted by Gasteiger charge is -2.45. The molecule has 30 heavy (non-hydrogen) atoms. The zero-order valence-corrected chi connectivity index (χ0v) is 22.2. The van der Waals surface area contributed by atoms with Crippen LogP contribution in [0, 0.1) is 24.7 Å². The Balaban J connectivity index is 2.18. The summed E-state index contributed by atoms with van der Waals surface area (Å²) in [7, 11) is 0. The Hall–Kier alpha value is -0.800. The molecule has 0 saturated heterocycles. The first-order valence-electron chi connectivity index (χ1n) is 11.8. The average Bonchev–Trinajstić information content (AvgIpc) is 3.01. The van der Waals surface area contributed by atoms with Crippen molar-refractivity contribution in [1.82, 2.24) is 0 Å². The van der Waals surface area contributed by atoms with E-state index in [2.05, 4.69) is 76.5 Å². The van der Waals surface area contributed by atoms with Gasteiger partial charge in [0.1, 0.15) is 11.3 Å². The van der Waals surface area contributed by atoms with Gasteiger partial charge in [0.15, 0.2) is 0 Å². The maximum absolute atomic E-state index is 6.72. The third-order valence-corrected chi connectivity index (χ3v) is 8.06. The van der Waals surface area contributed by atoms with Crippen LogP contribution in [0.1, 0.15) is 103 Å². The first-order chi connectivity index (χ1) is 14.0. The molecule has 3 heteroatoms. The van der Waals surface area contributed by atoms with Crippen LogP contribution in [0.25, 0.3) is 11.0 Å². The van der Waals surface area contributed by atoms with Crippen molar-refractivity contribution in [1.29, 1.82) is 0 Å². The zero-order chi connectivity index (χ0) is 22.5. The Morgan fingerprint density at radius 2 is 1.60 bits per heavy atom. The minimum Gasteiger partial charge on any atom is -0.461 e. The van der Waals surface area contributed by atoms with Crippen molar-refractivity contribution < 1.29 is 9.15 Å². The smallest absolute Gasteiger partial charge is 0.140 e. The van der Waals surface area contributed by atoms with Gasteiger partial charge in [-0.2, -0.15) is 0 Å². The van der Waals surface area contributed by atoms with Gasteiger partial charge < -0.3 is 9.15 Å². The second-order valence-corrected chi connectivity index (χ2v) is 11.4. The van der Waals surface area contributed by atoms with Crippen LogP contribution >= 0.6 is 15.9 Å². The first-order valence-corrected chi connectivity index (χ1v) is 12.6. The molecule has 1 aromatic heterocycles. The molecule has 0 saturated carbocycles. The number of fused-ring (bicyclic) bond motifs is 1. The predicted octanol–water partition coefficient (Wildman–Crippen LogP) is 9.52. The summed E-state index contributed by atoms with van der Waals surface area (Å²) in [4.78, 5) is 0. The van der Waals surface area contributed by atoms with E-state index < -0.39 is 0 Å². The minimum absolute atomic E-state index is 0.0779. The highest BCUT2D eigenvalue weighted by Crippen LogP contribution is 2.44. The second kappa shape index (κ2) is 10.7. The van der Waals surface area contributed by atoms with Crippen molar-refractivity contribution in [2.75, 3.05) is 0 Å². The molecule has 1 aromatic carbocycles. The van der Waals surface area contributed by atoms with Crippen molar-refractivity contribution in [2.45, 2.75) is 113 Å². The summed E-state index contributed by atoms with van der Waals surface area (Å²) in [6.45, 7) is 18.8. The Morgan fingerprint density at radius 1 is 0.967 bits per heavy atom. The van der Waals surface area contributed by atoms with Crippen LogP contribution in [0.5, 0.6) is 0 Å². The number of hydrogen-bond donors (Lipinski definition) is 0. The maximum Gasteiger partial charge on any atom is 0.140 e. The lowest BCUT2D eigenvalue weighted by atomic mass is 9.65. The van der Waals surface area contributed by atoms with Gasteiger partial charge in [0, 0.05) is 15.4 Å². The topological polar surface area (TPSA) is 22.4 Å². The van der Waals surface area contributed by atoms with Crippen molar-refractivity contribution in [2.24, 2.45) is 10.8 Å². The Morgan fingerprint density at radius 3 is 2.23 bits per heavy atom.